The molecule has 0 unspecified atom stereocenters. The van der Waals surface area contributed by atoms with E-state index in [0.29, 0.717) is 5.69 Å². The summed E-state index contributed by atoms with van der Waals surface area (Å²) in [6, 6.07) is 3.37. The molecular formula is C10H8F3N3. The topological polar surface area (TPSA) is 29.9 Å². The van der Waals surface area contributed by atoms with Crippen molar-refractivity contribution in [2.45, 2.75) is 0 Å². The summed E-state index contributed by atoms with van der Waals surface area (Å²) < 4.78 is 38.6. The van der Waals surface area contributed by atoms with Gasteiger partial charge in [0.1, 0.15) is 0 Å². The highest BCUT2D eigenvalue weighted by molar-refractivity contribution is 5.58. The van der Waals surface area contributed by atoms with Crippen molar-refractivity contribution in [3.63, 3.8) is 0 Å². The van der Waals surface area contributed by atoms with Gasteiger partial charge < -0.3 is 5.43 Å². The maximum absolute atomic E-state index is 12.9. The Kier molecular flexibility index (Phi) is 2.55. The lowest BCUT2D eigenvalue weighted by Crippen LogP contribution is -2.08. The highest BCUT2D eigenvalue weighted by Crippen LogP contribution is 2.21. The average molecular weight is 227 g/mol. The summed E-state index contributed by atoms with van der Waals surface area (Å²) in [6.07, 6.45) is 1.58. The fourth-order valence-corrected chi connectivity index (χ4v) is 1.31. The van der Waals surface area contributed by atoms with Crippen LogP contribution in [0.4, 0.5) is 13.2 Å². The Hall–Kier alpha value is -1.98. The summed E-state index contributed by atoms with van der Waals surface area (Å²) in [7, 11) is 1.64. The Labute approximate surface area is 89.5 Å². The van der Waals surface area contributed by atoms with Gasteiger partial charge in [-0.3, -0.25) is 0 Å². The molecule has 0 spiro atoms. The van der Waals surface area contributed by atoms with E-state index in [1.54, 1.807) is 19.3 Å². The molecule has 0 aliphatic rings. The highest BCUT2D eigenvalue weighted by atomic mass is 19.2. The fourth-order valence-electron chi connectivity index (χ4n) is 1.31. The molecule has 1 heterocycles. The molecule has 0 atom stereocenters. The number of halogens is 3. The van der Waals surface area contributed by atoms with Gasteiger partial charge in [0.2, 0.25) is 0 Å². The van der Waals surface area contributed by atoms with Crippen molar-refractivity contribution in [1.82, 2.24) is 9.89 Å². The molecule has 2 aromatic rings. The zero-order chi connectivity index (χ0) is 11.7. The zero-order valence-electron chi connectivity index (χ0n) is 8.34. The van der Waals surface area contributed by atoms with Gasteiger partial charge in [-0.05, 0) is 18.2 Å². The average Bonchev–Trinajstić information content (AvgIpc) is 2.73. The van der Waals surface area contributed by atoms with Crippen LogP contribution in [0.1, 0.15) is 0 Å². The lowest BCUT2D eigenvalue weighted by molar-refractivity contribution is 0.447. The minimum atomic E-state index is -1.48. The molecule has 84 valence electrons. The highest BCUT2D eigenvalue weighted by Gasteiger charge is 2.12. The van der Waals surface area contributed by atoms with Crippen LogP contribution in [0.2, 0.25) is 0 Å². The summed E-state index contributed by atoms with van der Waals surface area (Å²) in [5.74, 6) is -3.93. The zero-order valence-corrected chi connectivity index (χ0v) is 8.34. The van der Waals surface area contributed by atoms with Crippen LogP contribution >= 0.6 is 0 Å². The Morgan fingerprint density at radius 2 is 1.81 bits per heavy atom. The summed E-state index contributed by atoms with van der Waals surface area (Å²) in [6.45, 7) is 0. The molecule has 0 fully saturated rings. The first-order valence-corrected chi connectivity index (χ1v) is 4.50. The molecular weight excluding hydrogens is 219 g/mol. The number of hydrogen-bond acceptors (Lipinski definition) is 2. The van der Waals surface area contributed by atoms with Crippen molar-refractivity contribution in [2.24, 2.45) is 0 Å². The number of nitrogens with one attached hydrogen (secondary N) is 1. The predicted molar refractivity (Wildman–Crippen MR) is 52.8 cm³/mol. The first kappa shape index (κ1) is 10.5. The van der Waals surface area contributed by atoms with Gasteiger partial charge in [0.25, 0.3) is 0 Å². The second-order valence-corrected chi connectivity index (χ2v) is 3.12. The van der Waals surface area contributed by atoms with Gasteiger partial charge in [-0.2, -0.15) is 9.89 Å². The standard InChI is InChI=1S/C10H8F3N3/c1-14-16-3-2-9(15-16)6-4-7(11)10(13)8(12)5-6/h2-5,14H,1H3. The van der Waals surface area contributed by atoms with Crippen LogP contribution in [-0.4, -0.2) is 16.9 Å². The third-order valence-electron chi connectivity index (χ3n) is 2.10. The smallest absolute Gasteiger partial charge is 0.194 e. The van der Waals surface area contributed by atoms with Crippen LogP contribution in [0.25, 0.3) is 11.3 Å². The van der Waals surface area contributed by atoms with Gasteiger partial charge in [-0.15, -0.1) is 0 Å². The number of rotatable bonds is 2. The van der Waals surface area contributed by atoms with E-state index < -0.39 is 17.5 Å². The third-order valence-corrected chi connectivity index (χ3v) is 2.10. The maximum Gasteiger partial charge on any atom is 0.194 e. The van der Waals surface area contributed by atoms with Gasteiger partial charge >= 0.3 is 0 Å². The fraction of sp³-hybridized carbons (Fsp3) is 0.100. The van der Waals surface area contributed by atoms with Crippen LogP contribution in [0, 0.1) is 17.5 Å². The molecule has 0 radical (unpaired) electrons. The number of hydrogen-bond donors (Lipinski definition) is 1. The van der Waals surface area contributed by atoms with Crippen molar-refractivity contribution >= 4 is 0 Å². The van der Waals surface area contributed by atoms with Gasteiger partial charge in [-0.1, -0.05) is 0 Å². The molecule has 1 N–H and O–H groups in total. The Morgan fingerprint density at radius 3 is 2.31 bits per heavy atom. The SMILES string of the molecule is CNn1ccc(-c2cc(F)c(F)c(F)c2)n1. The number of nitrogens with zero attached hydrogens (tertiary/aromatic N) is 2. The van der Waals surface area contributed by atoms with E-state index >= 15 is 0 Å². The molecule has 1 aromatic heterocycles. The molecule has 2 rings (SSSR count). The van der Waals surface area contributed by atoms with E-state index in [2.05, 4.69) is 10.5 Å². The van der Waals surface area contributed by atoms with E-state index in [0.717, 1.165) is 12.1 Å². The molecule has 1 aromatic carbocycles. The number of aromatic nitrogens is 2. The molecule has 0 saturated carbocycles. The van der Waals surface area contributed by atoms with Crippen LogP contribution in [0.15, 0.2) is 24.4 Å². The summed E-state index contributed by atoms with van der Waals surface area (Å²) in [5.41, 5.74) is 3.24. The molecule has 0 saturated heterocycles. The summed E-state index contributed by atoms with van der Waals surface area (Å²) in [5, 5.41) is 3.96. The van der Waals surface area contributed by atoms with Gasteiger partial charge in [0.15, 0.2) is 17.5 Å². The van der Waals surface area contributed by atoms with Crippen molar-refractivity contribution in [3.8, 4) is 11.3 Å². The lowest BCUT2D eigenvalue weighted by Gasteiger charge is -2.00. The van der Waals surface area contributed by atoms with E-state index in [1.807, 2.05) is 0 Å². The molecule has 0 bridgehead atoms. The molecule has 3 nitrogen and oxygen atoms in total. The van der Waals surface area contributed by atoms with E-state index in [4.69, 9.17) is 0 Å². The molecule has 0 aliphatic carbocycles. The quantitative estimate of drug-likeness (QED) is 0.796. The lowest BCUT2D eigenvalue weighted by atomic mass is 10.1. The molecule has 0 aliphatic heterocycles. The second-order valence-electron chi connectivity index (χ2n) is 3.12. The van der Waals surface area contributed by atoms with Crippen molar-refractivity contribution in [3.05, 3.63) is 41.8 Å². The monoisotopic (exact) mass is 227 g/mol. The largest absolute Gasteiger partial charge is 0.313 e. The third kappa shape index (κ3) is 1.73. The van der Waals surface area contributed by atoms with Crippen molar-refractivity contribution in [1.29, 1.82) is 0 Å². The van der Waals surface area contributed by atoms with Gasteiger partial charge in [-0.25, -0.2) is 13.2 Å². The maximum atomic E-state index is 12.9. The van der Waals surface area contributed by atoms with E-state index in [-0.39, 0.29) is 5.56 Å². The Balaban J connectivity index is 2.48. The number of benzene rings is 1. The Morgan fingerprint density at radius 1 is 1.19 bits per heavy atom. The van der Waals surface area contributed by atoms with E-state index in [9.17, 15) is 13.2 Å². The van der Waals surface area contributed by atoms with E-state index in [1.165, 1.54) is 4.79 Å². The summed E-state index contributed by atoms with van der Waals surface area (Å²) >= 11 is 0. The summed E-state index contributed by atoms with van der Waals surface area (Å²) in [4.78, 5) is 1.37. The van der Waals surface area contributed by atoms with Crippen LogP contribution in [0.5, 0.6) is 0 Å². The first-order chi connectivity index (χ1) is 7.61. The van der Waals surface area contributed by atoms with Crippen LogP contribution in [-0.2, 0) is 0 Å². The minimum Gasteiger partial charge on any atom is -0.313 e. The predicted octanol–water partition coefficient (Wildman–Crippen LogP) is 2.14. The van der Waals surface area contributed by atoms with Crippen LogP contribution in [0.3, 0.4) is 0 Å². The van der Waals surface area contributed by atoms with Crippen molar-refractivity contribution < 1.29 is 13.2 Å². The Bertz CT molecular complexity index is 499. The van der Waals surface area contributed by atoms with Gasteiger partial charge in [0, 0.05) is 18.8 Å². The second kappa shape index (κ2) is 3.88. The molecule has 0 amide bonds. The van der Waals surface area contributed by atoms with Crippen LogP contribution < -0.4 is 5.43 Å². The first-order valence-electron chi connectivity index (χ1n) is 4.50. The van der Waals surface area contributed by atoms with Crippen molar-refractivity contribution in [2.75, 3.05) is 12.5 Å². The molecule has 6 heteroatoms. The van der Waals surface area contributed by atoms with Gasteiger partial charge in [0.05, 0.1) is 5.69 Å². The normalized spacial score (nSPS) is 10.5. The molecule has 16 heavy (non-hydrogen) atoms. The minimum absolute atomic E-state index is 0.186.